The van der Waals surface area contributed by atoms with Gasteiger partial charge in [-0.2, -0.15) is 0 Å². The number of ketones is 1. The maximum atomic E-state index is 12.8. The molecule has 2 atom stereocenters. The van der Waals surface area contributed by atoms with Crippen molar-refractivity contribution < 1.29 is 14.7 Å². The molecule has 0 spiro atoms. The van der Waals surface area contributed by atoms with Crippen molar-refractivity contribution >= 4 is 11.8 Å². The Bertz CT molecular complexity index is 725. The first kappa shape index (κ1) is 17.9. The minimum absolute atomic E-state index is 0.119. The van der Waals surface area contributed by atoms with E-state index in [0.717, 1.165) is 16.7 Å². The van der Waals surface area contributed by atoms with E-state index < -0.39 is 12.0 Å². The summed E-state index contributed by atoms with van der Waals surface area (Å²) >= 11 is 0. The minimum Gasteiger partial charge on any atom is -0.481 e. The normalized spacial score (nSPS) is 13.3. The lowest BCUT2D eigenvalue weighted by molar-refractivity contribution is -0.137. The Morgan fingerprint density at radius 3 is 2.29 bits per heavy atom. The number of carboxylic acids is 1. The van der Waals surface area contributed by atoms with Crippen molar-refractivity contribution in [1.82, 2.24) is 5.32 Å². The van der Waals surface area contributed by atoms with Crippen molar-refractivity contribution in [2.45, 2.75) is 39.3 Å². The molecule has 0 saturated carbocycles. The molecule has 0 radical (unpaired) electrons. The lowest BCUT2D eigenvalue weighted by Crippen LogP contribution is -2.40. The van der Waals surface area contributed by atoms with E-state index in [9.17, 15) is 9.59 Å². The topological polar surface area (TPSA) is 66.4 Å². The highest BCUT2D eigenvalue weighted by Crippen LogP contribution is 2.17. The van der Waals surface area contributed by atoms with Crippen molar-refractivity contribution in [3.63, 3.8) is 0 Å². The summed E-state index contributed by atoms with van der Waals surface area (Å²) in [7, 11) is 0. The van der Waals surface area contributed by atoms with Gasteiger partial charge in [-0.3, -0.25) is 9.59 Å². The van der Waals surface area contributed by atoms with Crippen LogP contribution in [0.3, 0.4) is 0 Å². The SMILES string of the molecule is Cc1ccc(C(=O)C(CC(=O)O)NC(C)c2ccccc2)cc1C. The van der Waals surface area contributed by atoms with E-state index in [1.54, 1.807) is 6.07 Å². The Balaban J connectivity index is 2.22. The van der Waals surface area contributed by atoms with Gasteiger partial charge in [0.25, 0.3) is 0 Å². The molecule has 4 heteroatoms. The number of carbonyl (C=O) groups excluding carboxylic acids is 1. The van der Waals surface area contributed by atoms with Crippen LogP contribution in [0.4, 0.5) is 0 Å². The van der Waals surface area contributed by atoms with Gasteiger partial charge in [0.2, 0.25) is 0 Å². The van der Waals surface area contributed by atoms with Crippen LogP contribution >= 0.6 is 0 Å². The zero-order valence-electron chi connectivity index (χ0n) is 14.2. The second-order valence-electron chi connectivity index (χ2n) is 6.11. The molecule has 2 N–H and O–H groups in total. The Kier molecular flexibility index (Phi) is 5.88. The fraction of sp³-hybridized carbons (Fsp3) is 0.300. The van der Waals surface area contributed by atoms with Crippen LogP contribution in [-0.4, -0.2) is 22.9 Å². The lowest BCUT2D eigenvalue weighted by atomic mass is 9.96. The predicted octanol–water partition coefficient (Wildman–Crippen LogP) is 3.68. The molecule has 24 heavy (non-hydrogen) atoms. The number of carbonyl (C=O) groups is 2. The molecule has 126 valence electrons. The number of hydrogen-bond donors (Lipinski definition) is 2. The molecule has 2 aromatic rings. The maximum Gasteiger partial charge on any atom is 0.305 e. The summed E-state index contributed by atoms with van der Waals surface area (Å²) < 4.78 is 0. The molecule has 4 nitrogen and oxygen atoms in total. The van der Waals surface area contributed by atoms with Crippen molar-refractivity contribution in [2.75, 3.05) is 0 Å². The summed E-state index contributed by atoms with van der Waals surface area (Å²) in [5.41, 5.74) is 3.68. The van der Waals surface area contributed by atoms with Gasteiger partial charge >= 0.3 is 5.97 Å². The molecule has 0 aliphatic heterocycles. The molecule has 0 fully saturated rings. The molecule has 0 saturated heterocycles. The molecule has 0 heterocycles. The average Bonchev–Trinajstić information content (AvgIpc) is 2.56. The van der Waals surface area contributed by atoms with E-state index in [2.05, 4.69) is 5.32 Å². The molecular weight excluding hydrogens is 302 g/mol. The van der Waals surface area contributed by atoms with Crippen molar-refractivity contribution in [3.05, 3.63) is 70.8 Å². The van der Waals surface area contributed by atoms with Gasteiger partial charge in [0.05, 0.1) is 12.5 Å². The quantitative estimate of drug-likeness (QED) is 0.762. The number of Topliss-reactive ketones (excluding diaryl/α,β-unsaturated/α-hetero) is 1. The summed E-state index contributed by atoms with van der Waals surface area (Å²) in [6, 6.07) is 14.3. The molecule has 0 bridgehead atoms. The average molecular weight is 325 g/mol. The van der Waals surface area contributed by atoms with E-state index in [4.69, 9.17) is 5.11 Å². The van der Waals surface area contributed by atoms with Crippen molar-refractivity contribution in [3.8, 4) is 0 Å². The first-order valence-electron chi connectivity index (χ1n) is 8.02. The number of carboxylic acid groups (broad SMARTS) is 1. The highest BCUT2D eigenvalue weighted by Gasteiger charge is 2.25. The Morgan fingerprint density at radius 1 is 1.04 bits per heavy atom. The van der Waals surface area contributed by atoms with Gasteiger partial charge in [-0.25, -0.2) is 0 Å². The number of nitrogens with one attached hydrogen (secondary N) is 1. The van der Waals surface area contributed by atoms with E-state index in [1.807, 2.05) is 63.2 Å². The predicted molar refractivity (Wildman–Crippen MR) is 94.3 cm³/mol. The first-order valence-corrected chi connectivity index (χ1v) is 8.02. The number of hydrogen-bond acceptors (Lipinski definition) is 3. The van der Waals surface area contributed by atoms with Crippen LogP contribution in [0.1, 0.15) is 46.4 Å². The molecular formula is C20H23NO3. The fourth-order valence-electron chi connectivity index (χ4n) is 2.64. The molecule has 0 aliphatic carbocycles. The lowest BCUT2D eigenvalue weighted by Gasteiger charge is -2.22. The van der Waals surface area contributed by atoms with Gasteiger partial charge < -0.3 is 10.4 Å². The maximum absolute atomic E-state index is 12.8. The highest BCUT2D eigenvalue weighted by atomic mass is 16.4. The molecule has 0 aromatic heterocycles. The second kappa shape index (κ2) is 7.88. The number of benzene rings is 2. The molecule has 2 rings (SSSR count). The Morgan fingerprint density at radius 2 is 1.71 bits per heavy atom. The van der Waals surface area contributed by atoms with Crippen molar-refractivity contribution in [1.29, 1.82) is 0 Å². The standard InChI is InChI=1S/C20H23NO3/c1-13-9-10-17(11-14(13)2)20(24)18(12-19(22)23)21-15(3)16-7-5-4-6-8-16/h4-11,15,18,21H,12H2,1-3H3,(H,22,23). The van der Waals surface area contributed by atoms with E-state index in [0.29, 0.717) is 5.56 Å². The number of aliphatic carboxylic acids is 1. The van der Waals surface area contributed by atoms with Crippen LogP contribution < -0.4 is 5.32 Å². The summed E-state index contributed by atoms with van der Waals surface area (Å²) in [4.78, 5) is 24.0. The third-order valence-electron chi connectivity index (χ3n) is 4.24. The Hall–Kier alpha value is -2.46. The number of rotatable bonds is 7. The summed E-state index contributed by atoms with van der Waals surface area (Å²) in [6.45, 7) is 5.85. The first-order chi connectivity index (χ1) is 11.4. The third kappa shape index (κ3) is 4.52. The van der Waals surface area contributed by atoms with Crippen LogP contribution in [0.25, 0.3) is 0 Å². The molecule has 2 unspecified atom stereocenters. The fourth-order valence-corrected chi connectivity index (χ4v) is 2.64. The molecule has 0 amide bonds. The van der Waals surface area contributed by atoms with E-state index in [-0.39, 0.29) is 18.2 Å². The smallest absolute Gasteiger partial charge is 0.305 e. The summed E-state index contributed by atoms with van der Waals surface area (Å²) in [5, 5.41) is 12.3. The molecule has 2 aromatic carbocycles. The van der Waals surface area contributed by atoms with Gasteiger partial charge in [-0.15, -0.1) is 0 Å². The van der Waals surface area contributed by atoms with Gasteiger partial charge in [-0.05, 0) is 43.5 Å². The number of aryl methyl sites for hydroxylation is 2. The summed E-state index contributed by atoms with van der Waals surface area (Å²) in [5.74, 6) is -1.19. The van der Waals surface area contributed by atoms with Crippen LogP contribution in [0, 0.1) is 13.8 Å². The van der Waals surface area contributed by atoms with Crippen LogP contribution in [0.15, 0.2) is 48.5 Å². The molecule has 0 aliphatic rings. The Labute approximate surface area is 142 Å². The van der Waals surface area contributed by atoms with Crippen LogP contribution in [-0.2, 0) is 4.79 Å². The largest absolute Gasteiger partial charge is 0.481 e. The monoisotopic (exact) mass is 325 g/mol. The van der Waals surface area contributed by atoms with Gasteiger partial charge in [-0.1, -0.05) is 42.5 Å². The van der Waals surface area contributed by atoms with Crippen LogP contribution in [0.5, 0.6) is 0 Å². The van der Waals surface area contributed by atoms with E-state index >= 15 is 0 Å². The minimum atomic E-state index is -0.995. The van der Waals surface area contributed by atoms with E-state index in [1.165, 1.54) is 0 Å². The highest BCUT2D eigenvalue weighted by molar-refractivity contribution is 6.02. The zero-order valence-corrected chi connectivity index (χ0v) is 14.2. The third-order valence-corrected chi connectivity index (χ3v) is 4.24. The second-order valence-corrected chi connectivity index (χ2v) is 6.11. The van der Waals surface area contributed by atoms with Gasteiger partial charge in [0, 0.05) is 11.6 Å². The summed E-state index contributed by atoms with van der Waals surface area (Å²) in [6.07, 6.45) is -0.247. The van der Waals surface area contributed by atoms with Crippen LogP contribution in [0.2, 0.25) is 0 Å². The zero-order chi connectivity index (χ0) is 17.7. The van der Waals surface area contributed by atoms with Gasteiger partial charge in [0.1, 0.15) is 0 Å². The van der Waals surface area contributed by atoms with Gasteiger partial charge in [0.15, 0.2) is 5.78 Å². The van der Waals surface area contributed by atoms with Crippen molar-refractivity contribution in [2.24, 2.45) is 0 Å².